The number of carbonyl (C=O) groups is 3. The van der Waals surface area contributed by atoms with Gasteiger partial charge in [0.2, 0.25) is 0 Å². The summed E-state index contributed by atoms with van der Waals surface area (Å²) in [4.78, 5) is 40.5. The molecule has 2 aromatic rings. The van der Waals surface area contributed by atoms with E-state index in [1.54, 1.807) is 20.5 Å². The summed E-state index contributed by atoms with van der Waals surface area (Å²) in [6, 6.07) is 6.08. The molecule has 0 radical (unpaired) electrons. The van der Waals surface area contributed by atoms with Gasteiger partial charge in [0.15, 0.2) is 17.1 Å². The van der Waals surface area contributed by atoms with Crippen LogP contribution in [0.25, 0.3) is 0 Å². The first-order valence-electron chi connectivity index (χ1n) is 11.9. The molecule has 1 aliphatic rings. The Morgan fingerprint density at radius 1 is 1.11 bits per heavy atom. The SMILES string of the molecule is COc1ccc(CN(Cc2nc[nH]c2C)CC2CCCO2)cc1OC.O=C(O)CC(O)(CC(=O)O)C(=O)O. The smallest absolute Gasteiger partial charge is 0.336 e. The number of carboxylic acid groups (broad SMARTS) is 3. The van der Waals surface area contributed by atoms with Crippen molar-refractivity contribution in [2.45, 2.75) is 57.4 Å². The highest BCUT2D eigenvalue weighted by molar-refractivity contribution is 5.88. The van der Waals surface area contributed by atoms with Crippen LogP contribution in [0.15, 0.2) is 24.5 Å². The molecule has 5 N–H and O–H groups in total. The molecule has 1 aliphatic heterocycles. The number of aromatic amines is 1. The Hall–Kier alpha value is -3.68. The minimum atomic E-state index is -2.74. The normalized spacial score (nSPS) is 15.0. The van der Waals surface area contributed by atoms with Crippen molar-refractivity contribution in [3.05, 3.63) is 41.5 Å². The van der Waals surface area contributed by atoms with E-state index < -0.39 is 36.4 Å². The molecule has 13 nitrogen and oxygen atoms in total. The number of aliphatic hydroxyl groups is 1. The Kier molecular flexibility index (Phi) is 11.5. The number of hydrogen-bond acceptors (Lipinski definition) is 9. The maximum absolute atomic E-state index is 10.3. The van der Waals surface area contributed by atoms with Crippen molar-refractivity contribution in [3.8, 4) is 11.5 Å². The number of ether oxygens (including phenoxy) is 3. The predicted molar refractivity (Wildman–Crippen MR) is 133 cm³/mol. The van der Waals surface area contributed by atoms with Crippen molar-refractivity contribution in [2.24, 2.45) is 0 Å². The quantitative estimate of drug-likeness (QED) is 0.249. The van der Waals surface area contributed by atoms with E-state index in [9.17, 15) is 14.4 Å². The Morgan fingerprint density at radius 2 is 1.76 bits per heavy atom. The first-order valence-corrected chi connectivity index (χ1v) is 11.9. The predicted octanol–water partition coefficient (Wildman–Crippen LogP) is 1.67. The molecule has 3 rings (SSSR count). The lowest BCUT2D eigenvalue weighted by molar-refractivity contribution is -0.170. The third-order valence-electron chi connectivity index (χ3n) is 5.93. The van der Waals surface area contributed by atoms with Gasteiger partial charge in [-0.05, 0) is 37.5 Å². The molecule has 2 heterocycles. The summed E-state index contributed by atoms with van der Waals surface area (Å²) < 4.78 is 16.6. The minimum absolute atomic E-state index is 0.305. The van der Waals surface area contributed by atoms with Gasteiger partial charge in [0, 0.05) is 31.9 Å². The summed E-state index contributed by atoms with van der Waals surface area (Å²) in [5.41, 5.74) is 0.643. The highest BCUT2D eigenvalue weighted by Crippen LogP contribution is 2.28. The van der Waals surface area contributed by atoms with Gasteiger partial charge in [-0.25, -0.2) is 9.78 Å². The van der Waals surface area contributed by atoms with Crippen LogP contribution < -0.4 is 9.47 Å². The van der Waals surface area contributed by atoms with Crippen molar-refractivity contribution in [3.63, 3.8) is 0 Å². The number of aliphatic carboxylic acids is 3. The van der Waals surface area contributed by atoms with Crippen molar-refractivity contribution in [2.75, 3.05) is 27.4 Å². The number of nitrogens with zero attached hydrogens (tertiary/aromatic N) is 2. The fraction of sp³-hybridized carbons (Fsp3) is 0.520. The number of imidazole rings is 1. The van der Waals surface area contributed by atoms with E-state index in [2.05, 4.69) is 27.9 Å². The van der Waals surface area contributed by atoms with Crippen LogP contribution in [0.3, 0.4) is 0 Å². The molecule has 0 aliphatic carbocycles. The largest absolute Gasteiger partial charge is 0.493 e. The number of H-pyrrole nitrogens is 1. The van der Waals surface area contributed by atoms with Gasteiger partial charge in [0.05, 0.1) is 45.2 Å². The van der Waals surface area contributed by atoms with E-state index in [1.165, 1.54) is 5.56 Å². The second-order valence-electron chi connectivity index (χ2n) is 8.95. The fourth-order valence-electron chi connectivity index (χ4n) is 3.97. The molecule has 1 fully saturated rings. The van der Waals surface area contributed by atoms with Crippen LogP contribution in [0.5, 0.6) is 11.5 Å². The zero-order valence-electron chi connectivity index (χ0n) is 21.7. The van der Waals surface area contributed by atoms with Gasteiger partial charge >= 0.3 is 17.9 Å². The van der Waals surface area contributed by atoms with E-state index in [1.807, 2.05) is 12.1 Å². The number of rotatable bonds is 13. The first-order chi connectivity index (χ1) is 18.0. The van der Waals surface area contributed by atoms with Crippen LogP contribution in [0.1, 0.15) is 42.6 Å². The highest BCUT2D eigenvalue weighted by Gasteiger charge is 2.40. The number of carboxylic acids is 3. The number of benzene rings is 1. The highest BCUT2D eigenvalue weighted by atomic mass is 16.5. The van der Waals surface area contributed by atoms with Crippen LogP contribution in [-0.2, 0) is 32.2 Å². The van der Waals surface area contributed by atoms with Crippen molar-refractivity contribution in [1.29, 1.82) is 0 Å². The van der Waals surface area contributed by atoms with E-state index >= 15 is 0 Å². The molecular formula is C25H35N3O10. The molecule has 0 bridgehead atoms. The second kappa shape index (κ2) is 14.3. The molecule has 0 amide bonds. The van der Waals surface area contributed by atoms with Crippen molar-refractivity contribution < 1.29 is 49.0 Å². The Morgan fingerprint density at radius 3 is 2.24 bits per heavy atom. The van der Waals surface area contributed by atoms with Gasteiger partial charge < -0.3 is 39.6 Å². The summed E-state index contributed by atoms with van der Waals surface area (Å²) in [5, 5.41) is 33.8. The van der Waals surface area contributed by atoms with E-state index in [0.717, 1.165) is 62.0 Å². The zero-order valence-corrected chi connectivity index (χ0v) is 21.7. The Labute approximate surface area is 220 Å². The van der Waals surface area contributed by atoms with Gasteiger partial charge in [-0.15, -0.1) is 0 Å². The fourth-order valence-corrected chi connectivity index (χ4v) is 3.97. The molecule has 1 saturated heterocycles. The molecule has 1 unspecified atom stereocenters. The van der Waals surface area contributed by atoms with Gasteiger partial charge in [-0.1, -0.05) is 6.07 Å². The second-order valence-corrected chi connectivity index (χ2v) is 8.95. The molecule has 210 valence electrons. The van der Waals surface area contributed by atoms with Gasteiger partial charge in [-0.3, -0.25) is 14.5 Å². The topological polar surface area (TPSA) is 192 Å². The monoisotopic (exact) mass is 537 g/mol. The summed E-state index contributed by atoms with van der Waals surface area (Å²) in [6.07, 6.45) is 2.05. The summed E-state index contributed by atoms with van der Waals surface area (Å²) in [6.45, 7) is 5.44. The minimum Gasteiger partial charge on any atom is -0.493 e. The Bertz CT molecular complexity index is 1070. The lowest BCUT2D eigenvalue weighted by Crippen LogP contribution is -2.42. The van der Waals surface area contributed by atoms with Gasteiger partial charge in [0.1, 0.15) is 0 Å². The van der Waals surface area contributed by atoms with Crippen LogP contribution in [0.4, 0.5) is 0 Å². The van der Waals surface area contributed by atoms with Gasteiger partial charge in [-0.2, -0.15) is 0 Å². The van der Waals surface area contributed by atoms with Crippen LogP contribution in [0.2, 0.25) is 0 Å². The van der Waals surface area contributed by atoms with E-state index in [-0.39, 0.29) is 0 Å². The van der Waals surface area contributed by atoms with E-state index in [0.29, 0.717) is 6.10 Å². The third-order valence-corrected chi connectivity index (χ3v) is 5.93. The zero-order chi connectivity index (χ0) is 28.3. The maximum Gasteiger partial charge on any atom is 0.336 e. The van der Waals surface area contributed by atoms with Crippen LogP contribution >= 0.6 is 0 Å². The van der Waals surface area contributed by atoms with Crippen molar-refractivity contribution >= 4 is 17.9 Å². The molecular weight excluding hydrogens is 502 g/mol. The molecule has 0 saturated carbocycles. The maximum atomic E-state index is 10.3. The summed E-state index contributed by atoms with van der Waals surface area (Å²) >= 11 is 0. The molecule has 1 aromatic heterocycles. The van der Waals surface area contributed by atoms with E-state index in [4.69, 9.17) is 34.6 Å². The number of nitrogens with one attached hydrogen (secondary N) is 1. The molecule has 1 atom stereocenters. The summed E-state index contributed by atoms with van der Waals surface area (Å²) in [7, 11) is 3.32. The Balaban J connectivity index is 0.000000332. The van der Waals surface area contributed by atoms with Crippen LogP contribution in [-0.4, -0.2) is 92.3 Å². The lowest BCUT2D eigenvalue weighted by Gasteiger charge is -2.25. The summed E-state index contributed by atoms with van der Waals surface area (Å²) in [5.74, 6) is -3.51. The standard InChI is InChI=1S/C19H27N3O3.C6H8O7/c1-14-17(21-13-20-14)12-22(11-16-5-4-8-25-16)10-15-6-7-18(23-2)19(9-15)24-3;7-3(8)1-6(13,5(11)12)2-4(9)10/h6-7,9,13,16H,4-5,8,10-12H2,1-3H3,(H,20,21);13H,1-2H2,(H,7,8)(H,9,10)(H,11,12). The number of aryl methyl sites for hydroxylation is 1. The average Bonchev–Trinajstić information content (AvgIpc) is 3.50. The average molecular weight is 538 g/mol. The van der Waals surface area contributed by atoms with Gasteiger partial charge in [0.25, 0.3) is 0 Å². The molecule has 38 heavy (non-hydrogen) atoms. The third kappa shape index (κ3) is 9.32. The molecule has 0 spiro atoms. The number of hydrogen-bond donors (Lipinski definition) is 5. The van der Waals surface area contributed by atoms with Crippen molar-refractivity contribution in [1.82, 2.24) is 14.9 Å². The number of methoxy groups -OCH3 is 2. The molecule has 13 heteroatoms. The van der Waals surface area contributed by atoms with Crippen LogP contribution in [0, 0.1) is 6.92 Å². The molecule has 1 aromatic carbocycles. The first kappa shape index (κ1) is 30.5. The lowest BCUT2D eigenvalue weighted by atomic mass is 9.96. The number of aromatic nitrogens is 2.